The monoisotopic (exact) mass is 256 g/mol. The van der Waals surface area contributed by atoms with Gasteiger partial charge in [-0.25, -0.2) is 0 Å². The quantitative estimate of drug-likeness (QED) is 0.544. The molecule has 0 aromatic heterocycles. The molecule has 0 rings (SSSR count). The van der Waals surface area contributed by atoms with Crippen LogP contribution in [0, 0.1) is 0 Å². The molecule has 108 valence electrons. The molecule has 2 N–H and O–H groups in total. The Balaban J connectivity index is 3.89. The standard InChI is InChI=1S/C15H32N2O/c1-3-5-10-14-17(13-6-4-2)15(18)11-8-7-9-12-16/h3-14,16H2,1-2H3. The fourth-order valence-electron chi connectivity index (χ4n) is 2.02. The van der Waals surface area contributed by atoms with Gasteiger partial charge in [0.05, 0.1) is 0 Å². The summed E-state index contributed by atoms with van der Waals surface area (Å²) in [5.41, 5.74) is 5.46. The van der Waals surface area contributed by atoms with E-state index >= 15 is 0 Å². The summed E-state index contributed by atoms with van der Waals surface area (Å²) >= 11 is 0. The normalized spacial score (nSPS) is 10.6. The van der Waals surface area contributed by atoms with Crippen LogP contribution in [-0.2, 0) is 4.79 Å². The zero-order chi connectivity index (χ0) is 13.6. The molecule has 0 fully saturated rings. The number of hydrogen-bond acceptors (Lipinski definition) is 2. The van der Waals surface area contributed by atoms with Crippen molar-refractivity contribution in [3.8, 4) is 0 Å². The van der Waals surface area contributed by atoms with Crippen molar-refractivity contribution >= 4 is 5.91 Å². The van der Waals surface area contributed by atoms with Crippen LogP contribution in [0.5, 0.6) is 0 Å². The zero-order valence-corrected chi connectivity index (χ0v) is 12.4. The second kappa shape index (κ2) is 12.9. The van der Waals surface area contributed by atoms with Gasteiger partial charge in [-0.3, -0.25) is 4.79 Å². The number of amides is 1. The van der Waals surface area contributed by atoms with Crippen LogP contribution in [0.4, 0.5) is 0 Å². The molecule has 0 aromatic rings. The third-order valence-electron chi connectivity index (χ3n) is 3.26. The molecule has 0 unspecified atom stereocenters. The lowest BCUT2D eigenvalue weighted by Gasteiger charge is -2.22. The summed E-state index contributed by atoms with van der Waals surface area (Å²) in [6.45, 7) is 7.00. The van der Waals surface area contributed by atoms with Gasteiger partial charge in [-0.15, -0.1) is 0 Å². The Bertz CT molecular complexity index is 195. The molecular weight excluding hydrogens is 224 g/mol. The minimum Gasteiger partial charge on any atom is -0.343 e. The third-order valence-corrected chi connectivity index (χ3v) is 3.26. The summed E-state index contributed by atoms with van der Waals surface area (Å²) in [5, 5.41) is 0. The average molecular weight is 256 g/mol. The first-order valence-corrected chi connectivity index (χ1v) is 7.74. The number of rotatable bonds is 12. The van der Waals surface area contributed by atoms with Crippen LogP contribution in [0.25, 0.3) is 0 Å². The maximum atomic E-state index is 12.1. The van der Waals surface area contributed by atoms with Crippen LogP contribution in [0.15, 0.2) is 0 Å². The fraction of sp³-hybridized carbons (Fsp3) is 0.933. The van der Waals surface area contributed by atoms with Crippen LogP contribution in [0.3, 0.4) is 0 Å². The fourth-order valence-corrected chi connectivity index (χ4v) is 2.02. The van der Waals surface area contributed by atoms with Crippen molar-refractivity contribution in [2.75, 3.05) is 19.6 Å². The van der Waals surface area contributed by atoms with E-state index in [9.17, 15) is 4.79 Å². The van der Waals surface area contributed by atoms with Gasteiger partial charge in [0.2, 0.25) is 5.91 Å². The van der Waals surface area contributed by atoms with Crippen LogP contribution >= 0.6 is 0 Å². The number of hydrogen-bond donors (Lipinski definition) is 1. The number of carbonyl (C=O) groups excluding carboxylic acids is 1. The van der Waals surface area contributed by atoms with E-state index in [0.717, 1.165) is 58.2 Å². The molecule has 0 aromatic carbocycles. The molecule has 0 bridgehead atoms. The molecule has 0 radical (unpaired) electrons. The first kappa shape index (κ1) is 17.4. The van der Waals surface area contributed by atoms with E-state index in [2.05, 4.69) is 18.7 Å². The lowest BCUT2D eigenvalue weighted by molar-refractivity contribution is -0.131. The Morgan fingerprint density at radius 2 is 1.56 bits per heavy atom. The molecule has 0 heterocycles. The maximum Gasteiger partial charge on any atom is 0.222 e. The third kappa shape index (κ3) is 9.46. The van der Waals surface area contributed by atoms with Gasteiger partial charge >= 0.3 is 0 Å². The Kier molecular flexibility index (Phi) is 12.5. The molecule has 0 saturated carbocycles. The molecule has 0 spiro atoms. The highest BCUT2D eigenvalue weighted by Crippen LogP contribution is 2.07. The lowest BCUT2D eigenvalue weighted by Crippen LogP contribution is -2.32. The van der Waals surface area contributed by atoms with Gasteiger partial charge in [0.15, 0.2) is 0 Å². The topological polar surface area (TPSA) is 46.3 Å². The highest BCUT2D eigenvalue weighted by Gasteiger charge is 2.11. The largest absolute Gasteiger partial charge is 0.343 e. The summed E-state index contributed by atoms with van der Waals surface area (Å²) in [5.74, 6) is 0.344. The van der Waals surface area contributed by atoms with E-state index in [1.54, 1.807) is 0 Å². The van der Waals surface area contributed by atoms with Crippen molar-refractivity contribution in [2.45, 2.75) is 71.6 Å². The van der Waals surface area contributed by atoms with Crippen molar-refractivity contribution < 1.29 is 4.79 Å². The highest BCUT2D eigenvalue weighted by atomic mass is 16.2. The second-order valence-corrected chi connectivity index (χ2v) is 5.04. The summed E-state index contributed by atoms with van der Waals surface area (Å²) in [4.78, 5) is 14.2. The van der Waals surface area contributed by atoms with Gasteiger partial charge in [0, 0.05) is 19.5 Å². The molecule has 18 heavy (non-hydrogen) atoms. The molecule has 0 saturated heterocycles. The van der Waals surface area contributed by atoms with Crippen LogP contribution in [0.2, 0.25) is 0 Å². The van der Waals surface area contributed by atoms with Crippen molar-refractivity contribution in [1.82, 2.24) is 4.90 Å². The highest BCUT2D eigenvalue weighted by molar-refractivity contribution is 5.76. The number of carbonyl (C=O) groups is 1. The number of nitrogens with zero attached hydrogens (tertiary/aromatic N) is 1. The molecule has 0 aliphatic rings. The molecule has 0 atom stereocenters. The maximum absolute atomic E-state index is 12.1. The Morgan fingerprint density at radius 3 is 2.17 bits per heavy atom. The van der Waals surface area contributed by atoms with Gasteiger partial charge in [0.1, 0.15) is 0 Å². The molecule has 3 heteroatoms. The number of nitrogens with two attached hydrogens (primary N) is 1. The van der Waals surface area contributed by atoms with E-state index < -0.39 is 0 Å². The molecule has 0 aliphatic heterocycles. The smallest absolute Gasteiger partial charge is 0.222 e. The van der Waals surface area contributed by atoms with Crippen molar-refractivity contribution in [3.63, 3.8) is 0 Å². The molecular formula is C15H32N2O. The van der Waals surface area contributed by atoms with Gasteiger partial charge < -0.3 is 10.6 Å². The summed E-state index contributed by atoms with van der Waals surface area (Å²) in [6.07, 6.45) is 9.69. The van der Waals surface area contributed by atoms with Crippen LogP contribution in [-0.4, -0.2) is 30.4 Å². The summed E-state index contributed by atoms with van der Waals surface area (Å²) in [6, 6.07) is 0. The van der Waals surface area contributed by atoms with Gasteiger partial charge in [-0.2, -0.15) is 0 Å². The SMILES string of the molecule is CCCCCN(CCCC)C(=O)CCCCCN. The molecule has 0 aliphatic carbocycles. The van der Waals surface area contributed by atoms with Crippen molar-refractivity contribution in [1.29, 1.82) is 0 Å². The van der Waals surface area contributed by atoms with Crippen molar-refractivity contribution in [2.24, 2.45) is 5.73 Å². The average Bonchev–Trinajstić information content (AvgIpc) is 2.38. The Labute approximate surface area is 113 Å². The van der Waals surface area contributed by atoms with Gasteiger partial charge in [-0.05, 0) is 32.2 Å². The molecule has 3 nitrogen and oxygen atoms in total. The summed E-state index contributed by atoms with van der Waals surface area (Å²) < 4.78 is 0. The predicted molar refractivity (Wildman–Crippen MR) is 78.5 cm³/mol. The van der Waals surface area contributed by atoms with E-state index in [4.69, 9.17) is 5.73 Å². The van der Waals surface area contributed by atoms with Gasteiger partial charge in [0.25, 0.3) is 0 Å². The van der Waals surface area contributed by atoms with Gasteiger partial charge in [-0.1, -0.05) is 39.5 Å². The molecule has 1 amide bonds. The first-order valence-electron chi connectivity index (χ1n) is 7.74. The first-order chi connectivity index (χ1) is 8.76. The predicted octanol–water partition coefficient (Wildman–Crippen LogP) is 3.32. The van der Waals surface area contributed by atoms with Crippen molar-refractivity contribution in [3.05, 3.63) is 0 Å². The minimum absolute atomic E-state index is 0.344. The van der Waals surface area contributed by atoms with E-state index in [1.165, 1.54) is 12.8 Å². The summed E-state index contributed by atoms with van der Waals surface area (Å²) in [7, 11) is 0. The number of unbranched alkanes of at least 4 members (excludes halogenated alkanes) is 5. The van der Waals surface area contributed by atoms with Crippen LogP contribution < -0.4 is 5.73 Å². The second-order valence-electron chi connectivity index (χ2n) is 5.04. The lowest BCUT2D eigenvalue weighted by atomic mass is 10.1. The Morgan fingerprint density at radius 1 is 0.889 bits per heavy atom. The van der Waals surface area contributed by atoms with Crippen LogP contribution in [0.1, 0.15) is 71.6 Å². The minimum atomic E-state index is 0.344. The van der Waals surface area contributed by atoms with E-state index in [0.29, 0.717) is 12.3 Å². The zero-order valence-electron chi connectivity index (χ0n) is 12.4. The van der Waals surface area contributed by atoms with E-state index in [1.807, 2.05) is 0 Å². The van der Waals surface area contributed by atoms with E-state index in [-0.39, 0.29) is 0 Å². The Hall–Kier alpha value is -0.570.